The van der Waals surface area contributed by atoms with Crippen molar-refractivity contribution in [3.63, 3.8) is 0 Å². The van der Waals surface area contributed by atoms with Gasteiger partial charge in [-0.3, -0.25) is 0 Å². The van der Waals surface area contributed by atoms with Crippen LogP contribution in [-0.2, 0) is 6.42 Å². The number of ether oxygens (including phenoxy) is 2. The zero-order valence-electron chi connectivity index (χ0n) is 24.4. The molecule has 0 bridgehead atoms. The number of unbranched alkanes of at least 4 members (excludes halogenated alkanes) is 7. The Hall–Kier alpha value is -3.47. The van der Waals surface area contributed by atoms with Crippen LogP contribution in [0.1, 0.15) is 100 Å². The van der Waals surface area contributed by atoms with Crippen molar-refractivity contribution in [1.82, 2.24) is 9.97 Å². The molecular weight excluding hydrogens is 496 g/mol. The molecule has 0 aliphatic rings. The van der Waals surface area contributed by atoms with Gasteiger partial charge < -0.3 is 9.47 Å². The smallest absolute Gasteiger partial charge is 0.344 e. The summed E-state index contributed by atoms with van der Waals surface area (Å²) in [5.41, 5.74) is 3.38. The number of aryl methyl sites for hydroxylation is 1. The van der Waals surface area contributed by atoms with E-state index in [2.05, 4.69) is 30.4 Å². The van der Waals surface area contributed by atoms with Gasteiger partial charge in [0, 0.05) is 5.56 Å². The summed E-state index contributed by atoms with van der Waals surface area (Å²) >= 11 is 0. The number of hydrogen-bond donors (Lipinski definition) is 0. The standard InChI is InChI=1S/C35H46N2O3/c1-4-6-7-8-9-10-13-16-29-17-19-31(20-18-29)35(38)40-34-27-36-33(26-37-34)30-21-23-32(24-22-30)39-25-14-11-12-15-28(3)5-2/h4,17-24,26-28H,1,5-16,25H2,2-3H3/t28-/m0/s1. The number of carbonyl (C=O) groups excluding carboxylic acids is 1. The Labute approximate surface area is 241 Å². The van der Waals surface area contributed by atoms with Crippen molar-refractivity contribution >= 4 is 5.97 Å². The van der Waals surface area contributed by atoms with Crippen molar-refractivity contribution in [2.24, 2.45) is 5.92 Å². The first-order valence-corrected chi connectivity index (χ1v) is 15.1. The fourth-order valence-electron chi connectivity index (χ4n) is 4.52. The minimum absolute atomic E-state index is 0.183. The number of rotatable bonds is 19. The number of allylic oxidation sites excluding steroid dienone is 1. The number of hydrogen-bond acceptors (Lipinski definition) is 5. The second-order valence-corrected chi connectivity index (χ2v) is 10.7. The lowest BCUT2D eigenvalue weighted by atomic mass is 10.0. The van der Waals surface area contributed by atoms with Gasteiger partial charge >= 0.3 is 5.97 Å². The maximum absolute atomic E-state index is 12.6. The van der Waals surface area contributed by atoms with E-state index in [9.17, 15) is 4.79 Å². The molecule has 5 heteroatoms. The van der Waals surface area contributed by atoms with Gasteiger partial charge in [-0.1, -0.05) is 77.0 Å². The summed E-state index contributed by atoms with van der Waals surface area (Å²) in [6, 6.07) is 15.5. The largest absolute Gasteiger partial charge is 0.494 e. The normalized spacial score (nSPS) is 11.7. The van der Waals surface area contributed by atoms with E-state index in [1.165, 1.54) is 63.1 Å². The van der Waals surface area contributed by atoms with Crippen LogP contribution in [0.15, 0.2) is 73.6 Å². The molecule has 0 aliphatic heterocycles. The summed E-state index contributed by atoms with van der Waals surface area (Å²) in [5.74, 6) is 1.42. The number of nitrogens with zero attached hydrogens (tertiary/aromatic N) is 2. The third kappa shape index (κ3) is 11.3. The highest BCUT2D eigenvalue weighted by Crippen LogP contribution is 2.22. The molecule has 0 radical (unpaired) electrons. The molecule has 0 N–H and O–H groups in total. The maximum Gasteiger partial charge on any atom is 0.344 e. The van der Waals surface area contributed by atoms with E-state index in [4.69, 9.17) is 9.47 Å². The number of benzene rings is 2. The van der Waals surface area contributed by atoms with E-state index in [1.807, 2.05) is 54.6 Å². The van der Waals surface area contributed by atoms with Crippen molar-refractivity contribution in [2.45, 2.75) is 90.9 Å². The summed E-state index contributed by atoms with van der Waals surface area (Å²) < 4.78 is 11.3. The number of carbonyl (C=O) groups is 1. The minimum Gasteiger partial charge on any atom is -0.494 e. The summed E-state index contributed by atoms with van der Waals surface area (Å²) in [5, 5.41) is 0. The molecule has 3 rings (SSSR count). The van der Waals surface area contributed by atoms with E-state index in [0.717, 1.165) is 49.5 Å². The highest BCUT2D eigenvalue weighted by atomic mass is 16.5. The Morgan fingerprint density at radius 2 is 1.60 bits per heavy atom. The van der Waals surface area contributed by atoms with Gasteiger partial charge in [-0.05, 0) is 80.0 Å². The van der Waals surface area contributed by atoms with Crippen molar-refractivity contribution in [3.8, 4) is 22.9 Å². The monoisotopic (exact) mass is 542 g/mol. The first-order valence-electron chi connectivity index (χ1n) is 15.1. The summed E-state index contributed by atoms with van der Waals surface area (Å²) in [7, 11) is 0. The summed E-state index contributed by atoms with van der Waals surface area (Å²) in [4.78, 5) is 21.3. The van der Waals surface area contributed by atoms with Gasteiger partial charge in [0.15, 0.2) is 0 Å². The van der Waals surface area contributed by atoms with Gasteiger partial charge in [0.05, 0.1) is 30.3 Å². The maximum atomic E-state index is 12.6. The highest BCUT2D eigenvalue weighted by molar-refractivity contribution is 5.90. The predicted octanol–water partition coefficient (Wildman–Crippen LogP) is 9.42. The fraction of sp³-hybridized carbons (Fsp3) is 0.457. The molecule has 1 atom stereocenters. The Morgan fingerprint density at radius 1 is 0.875 bits per heavy atom. The van der Waals surface area contributed by atoms with E-state index in [0.29, 0.717) is 11.3 Å². The van der Waals surface area contributed by atoms with E-state index >= 15 is 0 Å². The topological polar surface area (TPSA) is 61.3 Å². The zero-order valence-corrected chi connectivity index (χ0v) is 24.4. The Balaban J connectivity index is 1.39. The molecule has 0 aliphatic carbocycles. The van der Waals surface area contributed by atoms with Crippen LogP contribution in [0.4, 0.5) is 0 Å². The van der Waals surface area contributed by atoms with Crippen LogP contribution in [0.2, 0.25) is 0 Å². The molecule has 0 spiro atoms. The predicted molar refractivity (Wildman–Crippen MR) is 164 cm³/mol. The second kappa shape index (κ2) is 18.0. The second-order valence-electron chi connectivity index (χ2n) is 10.7. The molecule has 1 aromatic heterocycles. The van der Waals surface area contributed by atoms with E-state index in [1.54, 1.807) is 6.20 Å². The molecule has 1 heterocycles. The lowest BCUT2D eigenvalue weighted by Crippen LogP contribution is -2.09. The molecule has 3 aromatic rings. The van der Waals surface area contributed by atoms with Gasteiger partial charge in [0.1, 0.15) is 5.75 Å². The van der Waals surface area contributed by atoms with E-state index in [-0.39, 0.29) is 5.88 Å². The quantitative estimate of drug-likeness (QED) is 0.0857. The van der Waals surface area contributed by atoms with Crippen molar-refractivity contribution in [1.29, 1.82) is 0 Å². The number of esters is 1. The van der Waals surface area contributed by atoms with Gasteiger partial charge in [0.2, 0.25) is 5.88 Å². The van der Waals surface area contributed by atoms with E-state index < -0.39 is 5.97 Å². The van der Waals surface area contributed by atoms with Crippen LogP contribution in [0.5, 0.6) is 11.6 Å². The molecule has 0 saturated carbocycles. The number of aromatic nitrogens is 2. The summed E-state index contributed by atoms with van der Waals surface area (Å²) in [6.45, 7) is 9.07. The van der Waals surface area contributed by atoms with Gasteiger partial charge in [-0.25, -0.2) is 14.8 Å². The Kier molecular flexibility index (Phi) is 14.0. The molecule has 214 valence electrons. The molecule has 2 aromatic carbocycles. The average molecular weight is 543 g/mol. The first-order chi connectivity index (χ1) is 19.6. The Bertz CT molecular complexity index is 1120. The molecular formula is C35H46N2O3. The van der Waals surface area contributed by atoms with Crippen LogP contribution in [0, 0.1) is 5.92 Å². The molecule has 0 amide bonds. The Morgan fingerprint density at radius 3 is 2.30 bits per heavy atom. The average Bonchev–Trinajstić information content (AvgIpc) is 2.99. The van der Waals surface area contributed by atoms with Crippen molar-refractivity contribution < 1.29 is 14.3 Å². The van der Waals surface area contributed by atoms with Crippen LogP contribution in [-0.4, -0.2) is 22.5 Å². The lowest BCUT2D eigenvalue weighted by Gasteiger charge is -2.09. The SMILES string of the molecule is C=CCCCCCCCc1ccc(C(=O)Oc2cnc(-c3ccc(OCCCCC[C@@H](C)CC)cc3)cn2)cc1. The van der Waals surface area contributed by atoms with Crippen LogP contribution >= 0.6 is 0 Å². The molecule has 5 nitrogen and oxygen atoms in total. The van der Waals surface area contributed by atoms with Crippen LogP contribution in [0.3, 0.4) is 0 Å². The highest BCUT2D eigenvalue weighted by Gasteiger charge is 2.11. The molecule has 0 fully saturated rings. The first kappa shape index (κ1) is 31.1. The van der Waals surface area contributed by atoms with Crippen molar-refractivity contribution in [2.75, 3.05) is 6.61 Å². The third-order valence-electron chi connectivity index (χ3n) is 7.35. The van der Waals surface area contributed by atoms with Crippen molar-refractivity contribution in [3.05, 3.63) is 84.7 Å². The van der Waals surface area contributed by atoms with Crippen LogP contribution < -0.4 is 9.47 Å². The summed E-state index contributed by atoms with van der Waals surface area (Å²) in [6.07, 6.45) is 19.5. The molecule has 0 saturated heterocycles. The molecule has 40 heavy (non-hydrogen) atoms. The minimum atomic E-state index is -0.433. The third-order valence-corrected chi connectivity index (χ3v) is 7.35. The van der Waals surface area contributed by atoms with Gasteiger partial charge in [-0.2, -0.15) is 0 Å². The molecule has 0 unspecified atom stereocenters. The van der Waals surface area contributed by atoms with Gasteiger partial charge in [-0.15, -0.1) is 6.58 Å². The van der Waals surface area contributed by atoms with Crippen LogP contribution in [0.25, 0.3) is 11.3 Å². The van der Waals surface area contributed by atoms with Gasteiger partial charge in [0.25, 0.3) is 0 Å². The lowest BCUT2D eigenvalue weighted by molar-refractivity contribution is 0.0727. The fourth-order valence-corrected chi connectivity index (χ4v) is 4.52. The zero-order chi connectivity index (χ0) is 28.4.